The molecule has 4 aromatic rings. The summed E-state index contributed by atoms with van der Waals surface area (Å²) in [6.07, 6.45) is 6.31. The van der Waals surface area contributed by atoms with Gasteiger partial charge in [0.1, 0.15) is 0 Å². The molecule has 5 rings (SSSR count). The Labute approximate surface area is 162 Å². The van der Waals surface area contributed by atoms with E-state index in [1.807, 2.05) is 36.4 Å². The summed E-state index contributed by atoms with van der Waals surface area (Å²) >= 11 is 0. The lowest BCUT2D eigenvalue weighted by Gasteiger charge is -2.12. The van der Waals surface area contributed by atoms with Crippen molar-refractivity contribution in [2.24, 2.45) is 0 Å². The number of amides is 1. The minimum atomic E-state index is -0.0205. The van der Waals surface area contributed by atoms with Crippen molar-refractivity contribution >= 4 is 28.0 Å². The number of hydrogen-bond acceptors (Lipinski definition) is 4. The van der Waals surface area contributed by atoms with Gasteiger partial charge in [0.05, 0.1) is 17.4 Å². The Balaban J connectivity index is 1.55. The van der Waals surface area contributed by atoms with E-state index in [0.717, 1.165) is 29.3 Å². The topological polar surface area (TPSA) is 72.7 Å². The van der Waals surface area contributed by atoms with E-state index < -0.39 is 0 Å². The highest BCUT2D eigenvalue weighted by molar-refractivity contribution is 6.05. The van der Waals surface area contributed by atoms with Crippen LogP contribution < -0.4 is 5.32 Å². The summed E-state index contributed by atoms with van der Waals surface area (Å²) < 4.78 is 2.07. The molecule has 0 aliphatic heterocycles. The summed E-state index contributed by atoms with van der Waals surface area (Å²) in [4.78, 5) is 17.1. The van der Waals surface area contributed by atoms with Crippen molar-refractivity contribution in [2.45, 2.75) is 38.3 Å². The number of fused-ring (bicyclic) bond motifs is 3. The highest BCUT2D eigenvalue weighted by Gasteiger charge is 2.19. The second kappa shape index (κ2) is 7.03. The number of aromatic nitrogens is 4. The first-order valence-electron chi connectivity index (χ1n) is 9.74. The highest BCUT2D eigenvalue weighted by atomic mass is 16.1. The van der Waals surface area contributed by atoms with Gasteiger partial charge in [0, 0.05) is 23.5 Å². The minimum absolute atomic E-state index is 0.0205. The first-order chi connectivity index (χ1) is 13.8. The summed E-state index contributed by atoms with van der Waals surface area (Å²) in [6, 6.07) is 16.1. The Hall–Kier alpha value is -3.28. The fourth-order valence-corrected chi connectivity index (χ4v) is 4.01. The molecule has 0 atom stereocenters. The number of benzene rings is 2. The van der Waals surface area contributed by atoms with Crippen molar-refractivity contribution in [3.05, 3.63) is 66.0 Å². The molecule has 1 aliphatic rings. The van der Waals surface area contributed by atoms with Gasteiger partial charge in [-0.3, -0.25) is 4.79 Å². The molecule has 0 bridgehead atoms. The zero-order valence-electron chi connectivity index (χ0n) is 15.5. The number of nitrogens with zero attached hydrogens (tertiary/aromatic N) is 4. The summed E-state index contributed by atoms with van der Waals surface area (Å²) in [6.45, 7) is 0.691. The van der Waals surface area contributed by atoms with Crippen LogP contribution in [-0.2, 0) is 6.54 Å². The van der Waals surface area contributed by atoms with Gasteiger partial charge < -0.3 is 9.88 Å². The molecule has 1 saturated carbocycles. The van der Waals surface area contributed by atoms with E-state index >= 15 is 0 Å². The number of hydrogen-bond donors (Lipinski definition) is 1. The van der Waals surface area contributed by atoms with Gasteiger partial charge in [0.25, 0.3) is 5.91 Å². The SMILES string of the molecule is O=C(NC1CCCC1)c1ccc2nnc3ncn(Cc4ccccc4)c3c2c1. The van der Waals surface area contributed by atoms with Gasteiger partial charge in [0.2, 0.25) is 5.65 Å². The first kappa shape index (κ1) is 16.9. The average Bonchev–Trinajstić information content (AvgIpc) is 3.38. The van der Waals surface area contributed by atoms with Crippen LogP contribution in [0.5, 0.6) is 0 Å². The molecule has 1 fully saturated rings. The fraction of sp³-hybridized carbons (Fsp3) is 0.273. The molecular formula is C22H21N5O. The highest BCUT2D eigenvalue weighted by Crippen LogP contribution is 2.24. The molecule has 6 nitrogen and oxygen atoms in total. The molecule has 0 spiro atoms. The summed E-state index contributed by atoms with van der Waals surface area (Å²) in [5.74, 6) is -0.0205. The van der Waals surface area contributed by atoms with Crippen LogP contribution >= 0.6 is 0 Å². The number of carbonyl (C=O) groups excluding carboxylic acids is 1. The normalized spacial score (nSPS) is 14.7. The largest absolute Gasteiger partial charge is 0.349 e. The summed E-state index contributed by atoms with van der Waals surface area (Å²) in [5.41, 5.74) is 4.10. The molecule has 2 heterocycles. The molecular weight excluding hydrogens is 350 g/mol. The van der Waals surface area contributed by atoms with E-state index in [1.54, 1.807) is 6.33 Å². The fourth-order valence-electron chi connectivity index (χ4n) is 4.01. The number of carbonyl (C=O) groups is 1. The molecule has 1 amide bonds. The maximum absolute atomic E-state index is 12.7. The third-order valence-electron chi connectivity index (χ3n) is 5.47. The zero-order valence-corrected chi connectivity index (χ0v) is 15.5. The van der Waals surface area contributed by atoms with Crippen molar-refractivity contribution in [3.8, 4) is 0 Å². The van der Waals surface area contributed by atoms with Crippen molar-refractivity contribution in [1.82, 2.24) is 25.1 Å². The van der Waals surface area contributed by atoms with E-state index in [-0.39, 0.29) is 5.91 Å². The van der Waals surface area contributed by atoms with Gasteiger partial charge in [-0.15, -0.1) is 10.2 Å². The lowest BCUT2D eigenvalue weighted by Crippen LogP contribution is -2.32. The monoisotopic (exact) mass is 371 g/mol. The quantitative estimate of drug-likeness (QED) is 0.594. The maximum Gasteiger partial charge on any atom is 0.251 e. The molecule has 28 heavy (non-hydrogen) atoms. The molecule has 2 aromatic carbocycles. The van der Waals surface area contributed by atoms with Gasteiger partial charge in [-0.1, -0.05) is 43.2 Å². The summed E-state index contributed by atoms with van der Waals surface area (Å²) in [7, 11) is 0. The second-order valence-corrected chi connectivity index (χ2v) is 7.42. The molecule has 140 valence electrons. The minimum Gasteiger partial charge on any atom is -0.349 e. The smallest absolute Gasteiger partial charge is 0.251 e. The Bertz CT molecular complexity index is 1150. The van der Waals surface area contributed by atoms with Crippen LogP contribution in [0.2, 0.25) is 0 Å². The van der Waals surface area contributed by atoms with E-state index in [4.69, 9.17) is 0 Å². The Morgan fingerprint density at radius 2 is 1.89 bits per heavy atom. The third kappa shape index (κ3) is 3.11. The number of rotatable bonds is 4. The van der Waals surface area contributed by atoms with E-state index in [9.17, 15) is 4.79 Å². The standard InChI is InChI=1S/C22H21N5O/c28-22(24-17-8-4-5-9-17)16-10-11-19-18(12-16)20-21(26-25-19)23-14-27(20)13-15-6-2-1-3-7-15/h1-3,6-7,10-12,14,17H,4-5,8-9,13H2,(H,24,28). The van der Waals surface area contributed by atoms with Gasteiger partial charge in [0.15, 0.2) is 0 Å². The molecule has 2 aromatic heterocycles. The summed E-state index contributed by atoms with van der Waals surface area (Å²) in [5, 5.41) is 12.6. The van der Waals surface area contributed by atoms with Gasteiger partial charge in [-0.05, 0) is 36.6 Å². The second-order valence-electron chi connectivity index (χ2n) is 7.42. The Morgan fingerprint density at radius 3 is 2.71 bits per heavy atom. The molecule has 1 aliphatic carbocycles. The molecule has 0 radical (unpaired) electrons. The number of nitrogens with one attached hydrogen (secondary N) is 1. The molecule has 1 N–H and O–H groups in total. The van der Waals surface area contributed by atoms with Crippen LogP contribution in [0.4, 0.5) is 0 Å². The van der Waals surface area contributed by atoms with E-state index in [0.29, 0.717) is 23.8 Å². The average molecular weight is 371 g/mol. The predicted octanol–water partition coefficient (Wildman–Crippen LogP) is 3.70. The van der Waals surface area contributed by atoms with Crippen molar-refractivity contribution < 1.29 is 4.79 Å². The van der Waals surface area contributed by atoms with Gasteiger partial charge in [-0.2, -0.15) is 0 Å². The van der Waals surface area contributed by atoms with Gasteiger partial charge >= 0.3 is 0 Å². The van der Waals surface area contributed by atoms with Crippen LogP contribution in [0.25, 0.3) is 22.1 Å². The van der Waals surface area contributed by atoms with Crippen LogP contribution in [-0.4, -0.2) is 31.7 Å². The molecule has 0 saturated heterocycles. The number of imidazole rings is 1. The Morgan fingerprint density at radius 1 is 1.07 bits per heavy atom. The van der Waals surface area contributed by atoms with Crippen molar-refractivity contribution in [1.29, 1.82) is 0 Å². The zero-order chi connectivity index (χ0) is 18.9. The van der Waals surface area contributed by atoms with Crippen LogP contribution in [0.1, 0.15) is 41.6 Å². The Kier molecular flexibility index (Phi) is 4.24. The molecule has 6 heteroatoms. The van der Waals surface area contributed by atoms with Crippen LogP contribution in [0, 0.1) is 0 Å². The molecule has 0 unspecified atom stereocenters. The third-order valence-corrected chi connectivity index (χ3v) is 5.47. The maximum atomic E-state index is 12.7. The van der Waals surface area contributed by atoms with E-state index in [1.165, 1.54) is 18.4 Å². The first-order valence-corrected chi connectivity index (χ1v) is 9.74. The lowest BCUT2D eigenvalue weighted by molar-refractivity contribution is 0.0938. The lowest BCUT2D eigenvalue weighted by atomic mass is 10.1. The van der Waals surface area contributed by atoms with Crippen molar-refractivity contribution in [2.75, 3.05) is 0 Å². The van der Waals surface area contributed by atoms with Gasteiger partial charge in [-0.25, -0.2) is 4.98 Å². The van der Waals surface area contributed by atoms with Crippen molar-refractivity contribution in [3.63, 3.8) is 0 Å². The van der Waals surface area contributed by atoms with Crippen LogP contribution in [0.15, 0.2) is 54.9 Å². The van der Waals surface area contributed by atoms with E-state index in [2.05, 4.69) is 37.2 Å². The van der Waals surface area contributed by atoms with Crippen LogP contribution in [0.3, 0.4) is 0 Å². The predicted molar refractivity (Wildman–Crippen MR) is 108 cm³/mol.